The highest BCUT2D eigenvalue weighted by Gasteiger charge is 2.22. The molecule has 0 aliphatic rings. The lowest BCUT2D eigenvalue weighted by atomic mass is 9.98. The second-order valence-corrected chi connectivity index (χ2v) is 11.7. The highest BCUT2D eigenvalue weighted by molar-refractivity contribution is 6.20. The second-order valence-electron chi connectivity index (χ2n) is 11.7. The van der Waals surface area contributed by atoms with Gasteiger partial charge < -0.3 is 4.42 Å². The second kappa shape index (κ2) is 9.58. The van der Waals surface area contributed by atoms with Crippen molar-refractivity contribution in [2.24, 2.45) is 0 Å². The smallest absolute Gasteiger partial charge is 0.238 e. The van der Waals surface area contributed by atoms with Crippen molar-refractivity contribution in [2.45, 2.75) is 0 Å². The van der Waals surface area contributed by atoms with Crippen LogP contribution in [0, 0.1) is 0 Å². The van der Waals surface area contributed by atoms with Gasteiger partial charge in [-0.2, -0.15) is 9.97 Å². The molecule has 0 fully saturated rings. The summed E-state index contributed by atoms with van der Waals surface area (Å²) in [6.07, 6.45) is 0. The fourth-order valence-electron chi connectivity index (χ4n) is 6.95. The van der Waals surface area contributed by atoms with Crippen molar-refractivity contribution in [1.82, 2.24) is 19.5 Å². The monoisotopic (exact) mass is 588 g/mol. The maximum atomic E-state index is 6.42. The number of furan rings is 1. The van der Waals surface area contributed by atoms with Gasteiger partial charge in [-0.15, -0.1) is 0 Å². The first kappa shape index (κ1) is 25.0. The number of benzene rings is 7. The van der Waals surface area contributed by atoms with E-state index in [0.717, 1.165) is 71.0 Å². The van der Waals surface area contributed by atoms with Gasteiger partial charge in [0.2, 0.25) is 5.95 Å². The number of nitrogens with zero attached hydrogens (tertiary/aromatic N) is 4. The third-order valence-corrected chi connectivity index (χ3v) is 9.01. The van der Waals surface area contributed by atoms with Gasteiger partial charge in [0.25, 0.3) is 0 Å². The summed E-state index contributed by atoms with van der Waals surface area (Å²) in [5.74, 6) is 1.78. The van der Waals surface area contributed by atoms with Crippen LogP contribution in [0.25, 0.3) is 94.0 Å². The maximum Gasteiger partial charge on any atom is 0.238 e. The Balaban J connectivity index is 1.37. The first-order chi connectivity index (χ1) is 22.8. The summed E-state index contributed by atoms with van der Waals surface area (Å²) in [7, 11) is 0. The van der Waals surface area contributed by atoms with Gasteiger partial charge in [-0.05, 0) is 51.9 Å². The van der Waals surface area contributed by atoms with Crippen LogP contribution in [0.4, 0.5) is 0 Å². The highest BCUT2D eigenvalue weighted by atomic mass is 16.3. The zero-order valence-corrected chi connectivity index (χ0v) is 24.6. The number of hydrogen-bond acceptors (Lipinski definition) is 4. The van der Waals surface area contributed by atoms with Crippen LogP contribution in [-0.4, -0.2) is 19.5 Å². The predicted octanol–water partition coefficient (Wildman–Crippen LogP) is 10.5. The van der Waals surface area contributed by atoms with Crippen LogP contribution >= 0.6 is 0 Å². The van der Waals surface area contributed by atoms with E-state index in [9.17, 15) is 0 Å². The average Bonchev–Trinajstić information content (AvgIpc) is 3.64. The number of aromatic nitrogens is 4. The lowest BCUT2D eigenvalue weighted by Gasteiger charge is -2.13. The molecule has 0 N–H and O–H groups in total. The third-order valence-electron chi connectivity index (χ3n) is 9.01. The van der Waals surface area contributed by atoms with E-state index in [1.807, 2.05) is 48.5 Å². The molecule has 0 bridgehead atoms. The fourth-order valence-corrected chi connectivity index (χ4v) is 6.95. The molecule has 0 amide bonds. The van der Waals surface area contributed by atoms with Gasteiger partial charge in [-0.25, -0.2) is 4.98 Å². The SMILES string of the molecule is c1ccc(-c2nc(-c3c4ccccc4cc4oc5ccccc5c34)nc(-n3c4ccccc4c4cc5ccccc5cc43)n2)cc1. The minimum atomic E-state index is 0.569. The van der Waals surface area contributed by atoms with Crippen LogP contribution in [0.15, 0.2) is 150 Å². The van der Waals surface area contributed by atoms with Crippen molar-refractivity contribution < 1.29 is 4.42 Å². The molecular formula is C41H24N4O. The molecule has 5 heteroatoms. The Labute approximate surface area is 263 Å². The molecule has 0 spiro atoms. The summed E-state index contributed by atoms with van der Waals surface area (Å²) >= 11 is 0. The van der Waals surface area contributed by atoms with Gasteiger partial charge in [0, 0.05) is 32.7 Å². The van der Waals surface area contributed by atoms with Crippen molar-refractivity contribution in [1.29, 1.82) is 0 Å². The standard InChI is InChI=1S/C41H24N4O/c1-2-12-25(13-3-1)39-42-40(38-29-17-7-6-16-28(29)24-36-37(38)31-19-9-11-21-35(31)46-36)44-41(43-39)45-33-20-10-8-18-30(33)32-22-26-14-4-5-15-27(26)23-34(32)45/h1-24H. The quantitative estimate of drug-likeness (QED) is 0.206. The lowest BCUT2D eigenvalue weighted by molar-refractivity contribution is 0.669. The molecule has 10 aromatic rings. The highest BCUT2D eigenvalue weighted by Crippen LogP contribution is 2.42. The first-order valence-electron chi connectivity index (χ1n) is 15.4. The van der Waals surface area contributed by atoms with E-state index >= 15 is 0 Å². The Morgan fingerprint density at radius 3 is 1.93 bits per heavy atom. The van der Waals surface area contributed by atoms with E-state index < -0.39 is 0 Å². The summed E-state index contributed by atoms with van der Waals surface area (Å²) in [4.78, 5) is 15.7. The summed E-state index contributed by atoms with van der Waals surface area (Å²) in [6.45, 7) is 0. The minimum Gasteiger partial charge on any atom is -0.456 e. The molecule has 7 aromatic carbocycles. The topological polar surface area (TPSA) is 56.7 Å². The van der Waals surface area contributed by atoms with Crippen LogP contribution in [0.5, 0.6) is 0 Å². The Hall–Kier alpha value is -6.33. The zero-order valence-electron chi connectivity index (χ0n) is 24.6. The first-order valence-corrected chi connectivity index (χ1v) is 15.4. The largest absolute Gasteiger partial charge is 0.456 e. The van der Waals surface area contributed by atoms with Crippen molar-refractivity contribution in [3.63, 3.8) is 0 Å². The number of para-hydroxylation sites is 2. The van der Waals surface area contributed by atoms with E-state index in [1.54, 1.807) is 0 Å². The minimum absolute atomic E-state index is 0.569. The van der Waals surface area contributed by atoms with E-state index in [4.69, 9.17) is 19.4 Å². The predicted molar refractivity (Wildman–Crippen MR) is 187 cm³/mol. The van der Waals surface area contributed by atoms with Crippen LogP contribution in [0.2, 0.25) is 0 Å². The normalized spacial score (nSPS) is 11.9. The van der Waals surface area contributed by atoms with Gasteiger partial charge >= 0.3 is 0 Å². The molecule has 0 atom stereocenters. The molecule has 3 aromatic heterocycles. The van der Waals surface area contributed by atoms with Gasteiger partial charge in [-0.3, -0.25) is 4.57 Å². The molecular weight excluding hydrogens is 564 g/mol. The van der Waals surface area contributed by atoms with Gasteiger partial charge in [0.05, 0.1) is 11.0 Å². The van der Waals surface area contributed by atoms with E-state index in [-0.39, 0.29) is 0 Å². The molecule has 10 rings (SSSR count). The zero-order chi connectivity index (χ0) is 30.2. The van der Waals surface area contributed by atoms with Crippen molar-refractivity contribution >= 4 is 65.3 Å². The maximum absolute atomic E-state index is 6.42. The van der Waals surface area contributed by atoms with Crippen molar-refractivity contribution in [3.05, 3.63) is 146 Å². The molecule has 0 aliphatic heterocycles. The fraction of sp³-hybridized carbons (Fsp3) is 0. The van der Waals surface area contributed by atoms with Crippen LogP contribution in [0.1, 0.15) is 0 Å². The molecule has 0 unspecified atom stereocenters. The van der Waals surface area contributed by atoms with Crippen molar-refractivity contribution in [3.8, 4) is 28.7 Å². The summed E-state index contributed by atoms with van der Waals surface area (Å²) in [5.41, 5.74) is 5.59. The van der Waals surface area contributed by atoms with Gasteiger partial charge in [0.15, 0.2) is 11.6 Å². The number of fused-ring (bicyclic) bond motifs is 8. The number of rotatable bonds is 3. The summed E-state index contributed by atoms with van der Waals surface area (Å²) in [6, 6.07) is 50.3. The van der Waals surface area contributed by atoms with E-state index in [1.165, 1.54) is 5.39 Å². The number of hydrogen-bond donors (Lipinski definition) is 0. The molecule has 0 aliphatic carbocycles. The lowest BCUT2D eigenvalue weighted by Crippen LogP contribution is -2.06. The van der Waals surface area contributed by atoms with E-state index in [2.05, 4.69) is 102 Å². The molecule has 46 heavy (non-hydrogen) atoms. The Bertz CT molecular complexity index is 2810. The molecule has 3 heterocycles. The molecule has 0 radical (unpaired) electrons. The Morgan fingerprint density at radius 2 is 1.09 bits per heavy atom. The van der Waals surface area contributed by atoms with Gasteiger partial charge in [-0.1, -0.05) is 115 Å². The third kappa shape index (κ3) is 3.66. The van der Waals surface area contributed by atoms with E-state index in [0.29, 0.717) is 17.6 Å². The Morgan fingerprint density at radius 1 is 0.435 bits per heavy atom. The average molecular weight is 589 g/mol. The van der Waals surface area contributed by atoms with Crippen LogP contribution in [0.3, 0.4) is 0 Å². The van der Waals surface area contributed by atoms with Crippen LogP contribution < -0.4 is 0 Å². The summed E-state index contributed by atoms with van der Waals surface area (Å²) in [5, 5.41) is 8.83. The van der Waals surface area contributed by atoms with Crippen LogP contribution in [-0.2, 0) is 0 Å². The Kier molecular flexibility index (Phi) is 5.22. The van der Waals surface area contributed by atoms with Gasteiger partial charge in [0.1, 0.15) is 11.2 Å². The molecule has 0 saturated carbocycles. The van der Waals surface area contributed by atoms with Crippen molar-refractivity contribution in [2.75, 3.05) is 0 Å². The summed E-state index contributed by atoms with van der Waals surface area (Å²) < 4.78 is 8.60. The molecule has 0 saturated heterocycles. The molecule has 214 valence electrons. The molecule has 5 nitrogen and oxygen atoms in total.